The largest absolute Gasteiger partial charge is 0.494 e. The highest BCUT2D eigenvalue weighted by molar-refractivity contribution is 6.18. The molecule has 31 heavy (non-hydrogen) atoms. The van der Waals surface area contributed by atoms with Gasteiger partial charge in [-0.1, -0.05) is 30.4 Å². The molecule has 0 aromatic heterocycles. The molecule has 0 bridgehead atoms. The first kappa shape index (κ1) is 22.6. The highest BCUT2D eigenvalue weighted by atomic mass is 16.5. The van der Waals surface area contributed by atoms with E-state index in [9.17, 15) is 0 Å². The molecule has 0 radical (unpaired) electrons. The summed E-state index contributed by atoms with van der Waals surface area (Å²) in [6, 6.07) is 6.25. The van der Waals surface area contributed by atoms with Crippen LogP contribution in [0.5, 0.6) is 5.75 Å². The number of aliphatic imine (C=N–C) groups is 1. The Hall–Kier alpha value is -3.12. The number of nitrogens with zero attached hydrogens (tertiary/aromatic N) is 4. The second-order valence-corrected chi connectivity index (χ2v) is 7.32. The lowest BCUT2D eigenvalue weighted by Gasteiger charge is -2.29. The summed E-state index contributed by atoms with van der Waals surface area (Å²) in [5, 5.41) is 6.74. The number of allylic oxidation sites excluding steroid dienone is 8. The third-order valence-corrected chi connectivity index (χ3v) is 5.35. The van der Waals surface area contributed by atoms with Crippen molar-refractivity contribution in [2.24, 2.45) is 10.1 Å². The maximum atomic E-state index is 5.70. The maximum absolute atomic E-state index is 5.70. The predicted molar refractivity (Wildman–Crippen MR) is 131 cm³/mol. The first-order valence-electron chi connectivity index (χ1n) is 10.6. The average molecular weight is 421 g/mol. The molecule has 6 heteroatoms. The van der Waals surface area contributed by atoms with Crippen LogP contribution < -0.4 is 14.6 Å². The Morgan fingerprint density at radius 3 is 2.61 bits per heavy atom. The molecule has 164 valence electrons. The average Bonchev–Trinajstić information content (AvgIpc) is 2.82. The van der Waals surface area contributed by atoms with Crippen LogP contribution in [-0.4, -0.2) is 58.9 Å². The van der Waals surface area contributed by atoms with Crippen LogP contribution in [0, 0.1) is 0 Å². The predicted octanol–water partition coefficient (Wildman–Crippen LogP) is 4.41. The zero-order valence-electron chi connectivity index (χ0n) is 19.1. The van der Waals surface area contributed by atoms with E-state index in [1.165, 1.54) is 0 Å². The molecule has 0 amide bonds. The van der Waals surface area contributed by atoms with Crippen molar-refractivity contribution in [1.82, 2.24) is 0 Å². The molecule has 0 atom stereocenters. The van der Waals surface area contributed by atoms with Crippen LogP contribution in [0.1, 0.15) is 13.8 Å². The minimum absolute atomic E-state index is 0.753. The van der Waals surface area contributed by atoms with E-state index in [1.807, 2.05) is 57.3 Å². The summed E-state index contributed by atoms with van der Waals surface area (Å²) in [4.78, 5) is 6.73. The lowest BCUT2D eigenvalue weighted by atomic mass is 9.96. The quantitative estimate of drug-likeness (QED) is 0.505. The van der Waals surface area contributed by atoms with Crippen molar-refractivity contribution in [1.29, 1.82) is 0 Å². The number of anilines is 2. The van der Waals surface area contributed by atoms with Gasteiger partial charge in [0, 0.05) is 50.1 Å². The number of hydrazone groups is 1. The summed E-state index contributed by atoms with van der Waals surface area (Å²) in [6.45, 7) is 7.31. The third-order valence-electron chi connectivity index (χ3n) is 5.35. The Kier molecular flexibility index (Phi) is 7.84. The molecule has 1 aromatic carbocycles. The molecule has 2 aliphatic rings. The van der Waals surface area contributed by atoms with E-state index in [1.54, 1.807) is 7.11 Å². The van der Waals surface area contributed by atoms with Gasteiger partial charge in [-0.15, -0.1) is 0 Å². The van der Waals surface area contributed by atoms with E-state index >= 15 is 0 Å². The number of ether oxygens (including phenoxy) is 2. The van der Waals surface area contributed by atoms with Crippen molar-refractivity contribution in [3.8, 4) is 5.75 Å². The first-order chi connectivity index (χ1) is 15.1. The van der Waals surface area contributed by atoms with Crippen LogP contribution in [0.25, 0.3) is 0 Å². The molecule has 1 aliphatic heterocycles. The summed E-state index contributed by atoms with van der Waals surface area (Å²) in [5.41, 5.74) is 5.99. The van der Waals surface area contributed by atoms with Crippen LogP contribution >= 0.6 is 0 Å². The van der Waals surface area contributed by atoms with Crippen LogP contribution in [0.4, 0.5) is 11.4 Å². The van der Waals surface area contributed by atoms with Gasteiger partial charge < -0.3 is 14.4 Å². The fourth-order valence-electron chi connectivity index (χ4n) is 3.75. The van der Waals surface area contributed by atoms with Gasteiger partial charge in [-0.25, -0.2) is 0 Å². The van der Waals surface area contributed by atoms with E-state index < -0.39 is 0 Å². The maximum Gasteiger partial charge on any atom is 0.146 e. The van der Waals surface area contributed by atoms with Crippen LogP contribution in [-0.2, 0) is 4.74 Å². The Balaban J connectivity index is 1.93. The highest BCUT2D eigenvalue weighted by Crippen LogP contribution is 2.33. The molecule has 0 saturated carbocycles. The number of rotatable bonds is 6. The van der Waals surface area contributed by atoms with Crippen molar-refractivity contribution in [2.45, 2.75) is 13.8 Å². The highest BCUT2D eigenvalue weighted by Gasteiger charge is 2.16. The van der Waals surface area contributed by atoms with E-state index in [2.05, 4.69) is 40.2 Å². The molecule has 1 aliphatic carbocycles. The van der Waals surface area contributed by atoms with Crippen molar-refractivity contribution >= 4 is 22.8 Å². The number of hydrogen-bond donors (Lipinski definition) is 0. The SMILES string of the molecule is C\C=C/C(C(/C)=N/N(C)c1ccc(N2CCOCC2)cc1OC)=C1/C=CC=CC1=NC. The second kappa shape index (κ2) is 10.8. The third kappa shape index (κ3) is 5.33. The van der Waals surface area contributed by atoms with Gasteiger partial charge in [0.05, 0.1) is 31.7 Å². The van der Waals surface area contributed by atoms with Crippen LogP contribution in [0.2, 0.25) is 0 Å². The van der Waals surface area contributed by atoms with Gasteiger partial charge in [-0.2, -0.15) is 5.10 Å². The number of methoxy groups -OCH3 is 1. The molecule has 1 fully saturated rings. The monoisotopic (exact) mass is 420 g/mol. The van der Waals surface area contributed by atoms with Gasteiger partial charge in [0.1, 0.15) is 11.4 Å². The summed E-state index contributed by atoms with van der Waals surface area (Å²) in [5.74, 6) is 0.791. The lowest BCUT2D eigenvalue weighted by molar-refractivity contribution is 0.122. The van der Waals surface area contributed by atoms with Gasteiger partial charge in [-0.05, 0) is 32.1 Å². The Labute approximate surface area is 185 Å². The van der Waals surface area contributed by atoms with Crippen molar-refractivity contribution in [3.63, 3.8) is 0 Å². The van der Waals surface area contributed by atoms with Gasteiger partial charge in [-0.3, -0.25) is 10.0 Å². The Bertz CT molecular complexity index is 964. The Morgan fingerprint density at radius 2 is 1.94 bits per heavy atom. The van der Waals surface area contributed by atoms with Gasteiger partial charge >= 0.3 is 0 Å². The number of hydrogen-bond acceptors (Lipinski definition) is 6. The van der Waals surface area contributed by atoms with Crippen LogP contribution in [0.15, 0.2) is 75.9 Å². The summed E-state index contributed by atoms with van der Waals surface area (Å²) < 4.78 is 11.2. The molecule has 0 N–H and O–H groups in total. The molecule has 6 nitrogen and oxygen atoms in total. The standard InChI is InChI=1S/C25H32N4O2/c1-6-9-21(22-10-7-8-11-23(22)26-3)19(2)27-28(4)24-13-12-20(18-25(24)30-5)29-14-16-31-17-15-29/h6-13,18H,14-17H2,1-5H3/b9-6-,22-21+,26-23?,27-19+. The fourth-order valence-corrected chi connectivity index (χ4v) is 3.75. The molecule has 1 aromatic rings. The van der Waals surface area contributed by atoms with Gasteiger partial charge in [0.15, 0.2) is 0 Å². The smallest absolute Gasteiger partial charge is 0.146 e. The minimum atomic E-state index is 0.753. The summed E-state index contributed by atoms with van der Waals surface area (Å²) in [7, 11) is 5.45. The van der Waals surface area contributed by atoms with Crippen molar-refractivity contribution in [2.75, 3.05) is 57.4 Å². The summed E-state index contributed by atoms with van der Waals surface area (Å²) >= 11 is 0. The van der Waals surface area contributed by atoms with Gasteiger partial charge in [0.25, 0.3) is 0 Å². The molecule has 1 saturated heterocycles. The zero-order chi connectivity index (χ0) is 22.2. The topological polar surface area (TPSA) is 49.7 Å². The normalized spacial score (nSPS) is 20.0. The summed E-state index contributed by atoms with van der Waals surface area (Å²) in [6.07, 6.45) is 12.2. The van der Waals surface area contributed by atoms with E-state index in [0.29, 0.717) is 0 Å². The lowest BCUT2D eigenvalue weighted by Crippen LogP contribution is -2.36. The molecular weight excluding hydrogens is 388 g/mol. The van der Waals surface area contributed by atoms with E-state index in [-0.39, 0.29) is 0 Å². The van der Waals surface area contributed by atoms with E-state index in [4.69, 9.17) is 14.6 Å². The number of benzene rings is 1. The van der Waals surface area contributed by atoms with Gasteiger partial charge in [0.2, 0.25) is 0 Å². The van der Waals surface area contributed by atoms with Crippen molar-refractivity contribution < 1.29 is 9.47 Å². The zero-order valence-corrected chi connectivity index (χ0v) is 19.1. The second-order valence-electron chi connectivity index (χ2n) is 7.32. The first-order valence-corrected chi connectivity index (χ1v) is 10.6. The molecular formula is C25H32N4O2. The van der Waals surface area contributed by atoms with Crippen molar-refractivity contribution in [3.05, 3.63) is 65.8 Å². The van der Waals surface area contributed by atoms with Crippen LogP contribution in [0.3, 0.4) is 0 Å². The molecule has 0 unspecified atom stereocenters. The minimum Gasteiger partial charge on any atom is -0.494 e. The fraction of sp³-hybridized carbons (Fsp3) is 0.360. The molecule has 0 spiro atoms. The molecule has 1 heterocycles. The molecule has 3 rings (SSSR count). The van der Waals surface area contributed by atoms with E-state index in [0.717, 1.165) is 66.0 Å². The number of morpholine rings is 1. The Morgan fingerprint density at radius 1 is 1.19 bits per heavy atom.